The SMILES string of the molecule is CCOc1cc(/C=C(\C#N)C(=O)Nc2cccc(Cl)c2C)ccc1OCc1ccc(C(=O)O)cc1. The van der Waals surface area contributed by atoms with Gasteiger partial charge in [-0.3, -0.25) is 4.79 Å². The third-order valence-electron chi connectivity index (χ3n) is 5.05. The van der Waals surface area contributed by atoms with E-state index in [9.17, 15) is 14.9 Å². The second-order valence-corrected chi connectivity index (χ2v) is 7.87. The highest BCUT2D eigenvalue weighted by molar-refractivity contribution is 6.31. The molecule has 0 atom stereocenters. The minimum absolute atomic E-state index is 0.0842. The molecule has 0 saturated heterocycles. The first kappa shape index (κ1) is 25.3. The number of nitriles is 1. The Hall–Kier alpha value is -4.28. The fourth-order valence-electron chi connectivity index (χ4n) is 3.15. The van der Waals surface area contributed by atoms with Crippen LogP contribution in [0.25, 0.3) is 6.08 Å². The molecule has 3 aromatic carbocycles. The van der Waals surface area contributed by atoms with Crippen molar-refractivity contribution in [2.45, 2.75) is 20.5 Å². The molecule has 7 nitrogen and oxygen atoms in total. The van der Waals surface area contributed by atoms with Crippen LogP contribution in [0.4, 0.5) is 5.69 Å². The van der Waals surface area contributed by atoms with Gasteiger partial charge in [0.2, 0.25) is 0 Å². The van der Waals surface area contributed by atoms with Gasteiger partial charge in [-0.05, 0) is 73.0 Å². The molecule has 0 radical (unpaired) electrons. The van der Waals surface area contributed by atoms with E-state index in [1.165, 1.54) is 18.2 Å². The quantitative estimate of drug-likeness (QED) is 0.287. The van der Waals surface area contributed by atoms with Crippen molar-refractivity contribution >= 4 is 35.2 Å². The van der Waals surface area contributed by atoms with E-state index < -0.39 is 11.9 Å². The van der Waals surface area contributed by atoms with Crippen LogP contribution < -0.4 is 14.8 Å². The number of nitrogens with one attached hydrogen (secondary N) is 1. The summed E-state index contributed by atoms with van der Waals surface area (Å²) >= 11 is 6.11. The van der Waals surface area contributed by atoms with Crippen molar-refractivity contribution in [2.75, 3.05) is 11.9 Å². The summed E-state index contributed by atoms with van der Waals surface area (Å²) in [6.45, 7) is 4.20. The van der Waals surface area contributed by atoms with Crippen molar-refractivity contribution in [3.8, 4) is 17.6 Å². The topological polar surface area (TPSA) is 109 Å². The molecule has 1 amide bonds. The maximum absolute atomic E-state index is 12.7. The zero-order valence-electron chi connectivity index (χ0n) is 19.2. The number of carboxylic acids is 1. The molecule has 0 heterocycles. The summed E-state index contributed by atoms with van der Waals surface area (Å²) < 4.78 is 11.6. The number of carbonyl (C=O) groups excluding carboxylic acids is 1. The van der Waals surface area contributed by atoms with E-state index in [1.807, 2.05) is 13.0 Å². The van der Waals surface area contributed by atoms with Crippen LogP contribution in [0.15, 0.2) is 66.2 Å². The summed E-state index contributed by atoms with van der Waals surface area (Å²) in [4.78, 5) is 23.7. The van der Waals surface area contributed by atoms with Crippen molar-refractivity contribution in [1.29, 1.82) is 5.26 Å². The Morgan fingerprint density at radius 2 is 1.83 bits per heavy atom. The maximum atomic E-state index is 12.7. The molecule has 2 N–H and O–H groups in total. The van der Waals surface area contributed by atoms with Gasteiger partial charge in [-0.25, -0.2) is 4.79 Å². The Kier molecular flexibility index (Phi) is 8.49. The van der Waals surface area contributed by atoms with Gasteiger partial charge in [-0.1, -0.05) is 35.9 Å². The molecule has 3 rings (SSSR count). The Morgan fingerprint density at radius 3 is 2.49 bits per heavy atom. The lowest BCUT2D eigenvalue weighted by Crippen LogP contribution is -2.14. The highest BCUT2D eigenvalue weighted by Gasteiger charge is 2.13. The Labute approximate surface area is 208 Å². The molecule has 3 aromatic rings. The van der Waals surface area contributed by atoms with Gasteiger partial charge in [0.05, 0.1) is 12.2 Å². The number of hydrogen-bond acceptors (Lipinski definition) is 5. The first-order valence-electron chi connectivity index (χ1n) is 10.7. The van der Waals surface area contributed by atoms with Gasteiger partial charge < -0.3 is 19.9 Å². The molecular weight excluding hydrogens is 468 g/mol. The van der Waals surface area contributed by atoms with E-state index in [0.29, 0.717) is 39.9 Å². The predicted octanol–water partition coefficient (Wildman–Crippen LogP) is 5.87. The minimum atomic E-state index is -0.993. The summed E-state index contributed by atoms with van der Waals surface area (Å²) in [5.41, 5.74) is 2.72. The van der Waals surface area contributed by atoms with Gasteiger partial charge in [0.15, 0.2) is 11.5 Å². The third kappa shape index (κ3) is 6.62. The maximum Gasteiger partial charge on any atom is 0.335 e. The largest absolute Gasteiger partial charge is 0.490 e. The average molecular weight is 491 g/mol. The minimum Gasteiger partial charge on any atom is -0.490 e. The second kappa shape index (κ2) is 11.7. The van der Waals surface area contributed by atoms with Crippen LogP contribution in [-0.4, -0.2) is 23.6 Å². The van der Waals surface area contributed by atoms with Crippen LogP contribution in [-0.2, 0) is 11.4 Å². The number of carboxylic acid groups (broad SMARTS) is 1. The van der Waals surface area contributed by atoms with Crippen molar-refractivity contribution in [2.24, 2.45) is 0 Å². The number of carbonyl (C=O) groups is 2. The molecule has 0 aliphatic carbocycles. The Bertz CT molecular complexity index is 1310. The molecule has 0 saturated carbocycles. The summed E-state index contributed by atoms with van der Waals surface area (Å²) in [6.07, 6.45) is 1.46. The van der Waals surface area contributed by atoms with E-state index >= 15 is 0 Å². The second-order valence-electron chi connectivity index (χ2n) is 7.47. The summed E-state index contributed by atoms with van der Waals surface area (Å²) in [5, 5.41) is 21.8. The number of benzene rings is 3. The van der Waals surface area contributed by atoms with Gasteiger partial charge in [0, 0.05) is 10.7 Å². The molecule has 0 aliphatic rings. The lowest BCUT2D eigenvalue weighted by molar-refractivity contribution is -0.112. The van der Waals surface area contributed by atoms with Crippen LogP contribution in [0.2, 0.25) is 5.02 Å². The highest BCUT2D eigenvalue weighted by atomic mass is 35.5. The van der Waals surface area contributed by atoms with E-state index in [1.54, 1.807) is 55.5 Å². The first-order valence-corrected chi connectivity index (χ1v) is 11.1. The molecular formula is C27H23ClN2O5. The third-order valence-corrected chi connectivity index (χ3v) is 5.46. The van der Waals surface area contributed by atoms with Crippen molar-refractivity contribution < 1.29 is 24.2 Å². The normalized spacial score (nSPS) is 10.9. The van der Waals surface area contributed by atoms with Gasteiger partial charge in [-0.2, -0.15) is 5.26 Å². The van der Waals surface area contributed by atoms with E-state index in [2.05, 4.69) is 5.32 Å². The molecule has 0 aliphatic heterocycles. The van der Waals surface area contributed by atoms with Crippen LogP contribution >= 0.6 is 11.6 Å². The Balaban J connectivity index is 1.78. The first-order chi connectivity index (χ1) is 16.8. The van der Waals surface area contributed by atoms with Gasteiger partial charge in [-0.15, -0.1) is 0 Å². The summed E-state index contributed by atoms with van der Waals surface area (Å²) in [5.74, 6) is -0.621. The van der Waals surface area contributed by atoms with E-state index in [-0.39, 0.29) is 17.7 Å². The molecule has 178 valence electrons. The molecule has 35 heavy (non-hydrogen) atoms. The molecule has 0 unspecified atom stereocenters. The standard InChI is InChI=1S/C27H23ClN2O5/c1-3-34-25-14-19(9-12-24(25)35-16-18-7-10-20(11-8-18)27(32)33)13-21(15-29)26(31)30-23-6-4-5-22(28)17(23)2/h4-14H,3,16H2,1-2H3,(H,30,31)(H,32,33)/b21-13+. The molecule has 0 bridgehead atoms. The molecule has 0 fully saturated rings. The number of hydrogen-bond donors (Lipinski definition) is 2. The van der Waals surface area contributed by atoms with Gasteiger partial charge in [0.25, 0.3) is 5.91 Å². The van der Waals surface area contributed by atoms with Gasteiger partial charge in [0.1, 0.15) is 18.2 Å². The lowest BCUT2D eigenvalue weighted by atomic mass is 10.1. The molecule has 0 spiro atoms. The summed E-state index contributed by atoms with van der Waals surface area (Å²) in [7, 11) is 0. The number of ether oxygens (including phenoxy) is 2. The zero-order chi connectivity index (χ0) is 25.4. The van der Waals surface area contributed by atoms with Crippen molar-refractivity contribution in [1.82, 2.24) is 0 Å². The van der Waals surface area contributed by atoms with Crippen LogP contribution in [0, 0.1) is 18.3 Å². The number of anilines is 1. The smallest absolute Gasteiger partial charge is 0.335 e. The van der Waals surface area contributed by atoms with Crippen LogP contribution in [0.5, 0.6) is 11.5 Å². The summed E-state index contributed by atoms with van der Waals surface area (Å²) in [6, 6.07) is 18.5. The fraction of sp³-hybridized carbons (Fsp3) is 0.148. The van der Waals surface area contributed by atoms with Gasteiger partial charge >= 0.3 is 5.97 Å². The van der Waals surface area contributed by atoms with E-state index in [0.717, 1.165) is 5.56 Å². The lowest BCUT2D eigenvalue weighted by Gasteiger charge is -2.13. The monoisotopic (exact) mass is 490 g/mol. The average Bonchev–Trinajstić information content (AvgIpc) is 2.85. The van der Waals surface area contributed by atoms with E-state index in [4.69, 9.17) is 26.2 Å². The number of rotatable bonds is 9. The van der Waals surface area contributed by atoms with Crippen LogP contribution in [0.3, 0.4) is 0 Å². The van der Waals surface area contributed by atoms with Crippen molar-refractivity contribution in [3.63, 3.8) is 0 Å². The van der Waals surface area contributed by atoms with Crippen molar-refractivity contribution in [3.05, 3.63) is 93.5 Å². The predicted molar refractivity (Wildman–Crippen MR) is 134 cm³/mol. The fourth-order valence-corrected chi connectivity index (χ4v) is 3.33. The number of halogens is 1. The Morgan fingerprint density at radius 1 is 1.09 bits per heavy atom. The van der Waals surface area contributed by atoms with Crippen LogP contribution in [0.1, 0.15) is 34.0 Å². The molecule has 8 heteroatoms. The number of nitrogens with zero attached hydrogens (tertiary/aromatic N) is 1. The number of aromatic carboxylic acids is 1. The highest BCUT2D eigenvalue weighted by Crippen LogP contribution is 2.30. The number of amides is 1. The molecule has 0 aromatic heterocycles. The zero-order valence-corrected chi connectivity index (χ0v) is 19.9.